The molecule has 106 valence electrons. The minimum Gasteiger partial charge on any atom is -0.324 e. The van der Waals surface area contributed by atoms with E-state index in [-0.39, 0.29) is 24.8 Å². The van der Waals surface area contributed by atoms with Gasteiger partial charge in [-0.25, -0.2) is 0 Å². The number of nitrogens with two attached hydrogens (primary N) is 1. The van der Waals surface area contributed by atoms with E-state index in [2.05, 4.69) is 0 Å². The fourth-order valence-corrected chi connectivity index (χ4v) is 3.02. The molecule has 0 aliphatic heterocycles. The zero-order chi connectivity index (χ0) is 14.0. The first-order chi connectivity index (χ1) is 8.89. The first kappa shape index (κ1) is 14.4. The molecule has 0 bridgehead atoms. The number of hydrogen-bond donors (Lipinski definition) is 1. The molecule has 0 heterocycles. The summed E-state index contributed by atoms with van der Waals surface area (Å²) in [4.78, 5) is 0. The van der Waals surface area contributed by atoms with Gasteiger partial charge < -0.3 is 5.73 Å². The minimum atomic E-state index is -4.04. The Kier molecular flexibility index (Phi) is 4.19. The van der Waals surface area contributed by atoms with E-state index in [4.69, 9.17) is 5.73 Å². The molecular weight excluding hydrogens is 251 g/mol. The molecule has 1 nitrogen and oxygen atoms in total. The molecule has 1 aliphatic rings. The third-order valence-corrected chi connectivity index (χ3v) is 4.29. The standard InChI is InChI=1S/C15H20F3N/c1-10-4-2-3-5-13(10)14(19)11-6-8-12(9-7-11)15(16,17)18/h2-5,11-12,14H,6-9,19H2,1H3. The van der Waals surface area contributed by atoms with Crippen molar-refractivity contribution in [2.45, 2.75) is 44.8 Å². The molecule has 1 fully saturated rings. The Morgan fingerprint density at radius 2 is 1.68 bits per heavy atom. The van der Waals surface area contributed by atoms with Crippen molar-refractivity contribution in [1.29, 1.82) is 0 Å². The molecule has 0 spiro atoms. The van der Waals surface area contributed by atoms with Gasteiger partial charge in [-0.1, -0.05) is 24.3 Å². The van der Waals surface area contributed by atoms with E-state index in [1.54, 1.807) is 0 Å². The van der Waals surface area contributed by atoms with Gasteiger partial charge in [-0.2, -0.15) is 13.2 Å². The summed E-state index contributed by atoms with van der Waals surface area (Å²) in [5.41, 5.74) is 8.43. The maximum Gasteiger partial charge on any atom is 0.391 e. The molecule has 0 aromatic heterocycles. The summed E-state index contributed by atoms with van der Waals surface area (Å²) in [6, 6.07) is 7.72. The lowest BCUT2D eigenvalue weighted by Gasteiger charge is -2.33. The van der Waals surface area contributed by atoms with Crippen molar-refractivity contribution in [3.05, 3.63) is 35.4 Å². The fourth-order valence-electron chi connectivity index (χ4n) is 3.02. The molecular formula is C15H20F3N. The molecule has 1 aromatic carbocycles. The first-order valence-corrected chi connectivity index (χ1v) is 6.77. The predicted octanol–water partition coefficient (Wildman–Crippen LogP) is 4.36. The van der Waals surface area contributed by atoms with Crippen LogP contribution in [0.3, 0.4) is 0 Å². The van der Waals surface area contributed by atoms with Crippen molar-refractivity contribution in [2.24, 2.45) is 17.6 Å². The highest BCUT2D eigenvalue weighted by atomic mass is 19.4. The van der Waals surface area contributed by atoms with E-state index >= 15 is 0 Å². The van der Waals surface area contributed by atoms with E-state index in [1.807, 2.05) is 31.2 Å². The second kappa shape index (κ2) is 5.53. The van der Waals surface area contributed by atoms with Crippen LogP contribution in [0.5, 0.6) is 0 Å². The van der Waals surface area contributed by atoms with Crippen LogP contribution in [0.4, 0.5) is 13.2 Å². The Hall–Kier alpha value is -1.03. The Morgan fingerprint density at radius 3 is 2.21 bits per heavy atom. The third kappa shape index (κ3) is 3.30. The summed E-state index contributed by atoms with van der Waals surface area (Å²) in [7, 11) is 0. The highest BCUT2D eigenvalue weighted by Crippen LogP contribution is 2.42. The highest BCUT2D eigenvalue weighted by molar-refractivity contribution is 5.29. The Labute approximate surface area is 112 Å². The van der Waals surface area contributed by atoms with E-state index in [0.29, 0.717) is 12.8 Å². The summed E-state index contributed by atoms with van der Waals surface area (Å²) in [6.45, 7) is 2.00. The molecule has 19 heavy (non-hydrogen) atoms. The lowest BCUT2D eigenvalue weighted by molar-refractivity contribution is -0.184. The van der Waals surface area contributed by atoms with Gasteiger partial charge in [0.2, 0.25) is 0 Å². The second-order valence-electron chi connectivity index (χ2n) is 5.54. The van der Waals surface area contributed by atoms with Crippen molar-refractivity contribution in [2.75, 3.05) is 0 Å². The fraction of sp³-hybridized carbons (Fsp3) is 0.600. The third-order valence-electron chi connectivity index (χ3n) is 4.29. The van der Waals surface area contributed by atoms with Gasteiger partial charge in [-0.05, 0) is 49.7 Å². The molecule has 1 unspecified atom stereocenters. The Bertz CT molecular complexity index is 420. The predicted molar refractivity (Wildman–Crippen MR) is 69.6 cm³/mol. The maximum absolute atomic E-state index is 12.6. The van der Waals surface area contributed by atoms with Crippen LogP contribution in [-0.4, -0.2) is 6.18 Å². The Morgan fingerprint density at radius 1 is 1.11 bits per heavy atom. The van der Waals surface area contributed by atoms with E-state index in [0.717, 1.165) is 11.1 Å². The molecule has 4 heteroatoms. The monoisotopic (exact) mass is 271 g/mol. The second-order valence-corrected chi connectivity index (χ2v) is 5.54. The SMILES string of the molecule is Cc1ccccc1C(N)C1CCC(C(F)(F)F)CC1. The molecule has 1 saturated carbocycles. The highest BCUT2D eigenvalue weighted by Gasteiger charge is 2.42. The smallest absolute Gasteiger partial charge is 0.324 e. The average Bonchev–Trinajstić information content (AvgIpc) is 2.38. The van der Waals surface area contributed by atoms with Gasteiger partial charge in [0.1, 0.15) is 0 Å². The zero-order valence-corrected chi connectivity index (χ0v) is 11.1. The van der Waals surface area contributed by atoms with Gasteiger partial charge in [-0.3, -0.25) is 0 Å². The number of halogens is 3. The number of aryl methyl sites for hydroxylation is 1. The molecule has 2 N–H and O–H groups in total. The molecule has 2 rings (SSSR count). The summed E-state index contributed by atoms with van der Waals surface area (Å²) in [5.74, 6) is -0.965. The van der Waals surface area contributed by atoms with Gasteiger partial charge in [-0.15, -0.1) is 0 Å². The van der Waals surface area contributed by atoms with Gasteiger partial charge in [0.15, 0.2) is 0 Å². The molecule has 1 aromatic rings. The number of alkyl halides is 3. The van der Waals surface area contributed by atoms with Crippen LogP contribution in [0.1, 0.15) is 42.9 Å². The van der Waals surface area contributed by atoms with Gasteiger partial charge in [0.05, 0.1) is 5.92 Å². The summed E-state index contributed by atoms with van der Waals surface area (Å²) in [5, 5.41) is 0. The van der Waals surface area contributed by atoms with Crippen LogP contribution in [0.25, 0.3) is 0 Å². The van der Waals surface area contributed by atoms with Crippen LogP contribution < -0.4 is 5.73 Å². The number of hydrogen-bond acceptors (Lipinski definition) is 1. The normalized spacial score (nSPS) is 26.2. The van der Waals surface area contributed by atoms with E-state index < -0.39 is 12.1 Å². The molecule has 0 amide bonds. The lowest BCUT2D eigenvalue weighted by atomic mass is 9.76. The van der Waals surface area contributed by atoms with Crippen molar-refractivity contribution in [3.8, 4) is 0 Å². The summed E-state index contributed by atoms with van der Waals surface area (Å²) < 4.78 is 37.9. The Balaban J connectivity index is 2.00. The van der Waals surface area contributed by atoms with E-state index in [1.165, 1.54) is 0 Å². The largest absolute Gasteiger partial charge is 0.391 e. The van der Waals surface area contributed by atoms with Crippen molar-refractivity contribution < 1.29 is 13.2 Å². The number of rotatable bonds is 2. The molecule has 1 atom stereocenters. The van der Waals surface area contributed by atoms with Gasteiger partial charge >= 0.3 is 6.18 Å². The molecule has 0 saturated heterocycles. The van der Waals surface area contributed by atoms with Gasteiger partial charge in [0, 0.05) is 6.04 Å². The van der Waals surface area contributed by atoms with Crippen molar-refractivity contribution in [3.63, 3.8) is 0 Å². The topological polar surface area (TPSA) is 26.0 Å². The minimum absolute atomic E-state index is 0.143. The number of benzene rings is 1. The zero-order valence-electron chi connectivity index (χ0n) is 11.1. The maximum atomic E-state index is 12.6. The van der Waals surface area contributed by atoms with Crippen LogP contribution in [0.15, 0.2) is 24.3 Å². The summed E-state index contributed by atoms with van der Waals surface area (Å²) >= 11 is 0. The average molecular weight is 271 g/mol. The first-order valence-electron chi connectivity index (χ1n) is 6.77. The summed E-state index contributed by atoms with van der Waals surface area (Å²) in [6.07, 6.45) is -2.47. The van der Waals surface area contributed by atoms with Crippen molar-refractivity contribution >= 4 is 0 Å². The van der Waals surface area contributed by atoms with E-state index in [9.17, 15) is 13.2 Å². The molecule has 0 radical (unpaired) electrons. The van der Waals surface area contributed by atoms with Crippen molar-refractivity contribution in [1.82, 2.24) is 0 Å². The van der Waals surface area contributed by atoms with Crippen LogP contribution in [0, 0.1) is 18.8 Å². The van der Waals surface area contributed by atoms with Crippen LogP contribution in [-0.2, 0) is 0 Å². The van der Waals surface area contributed by atoms with Crippen LogP contribution in [0.2, 0.25) is 0 Å². The van der Waals surface area contributed by atoms with Gasteiger partial charge in [0.25, 0.3) is 0 Å². The quantitative estimate of drug-likeness (QED) is 0.849. The lowest BCUT2D eigenvalue weighted by Crippen LogP contribution is -2.32. The van der Waals surface area contributed by atoms with Crippen LogP contribution >= 0.6 is 0 Å². The molecule has 1 aliphatic carbocycles.